The fourth-order valence-corrected chi connectivity index (χ4v) is 2.09. The van der Waals surface area contributed by atoms with Crippen LogP contribution in [0.15, 0.2) is 24.4 Å². The summed E-state index contributed by atoms with van der Waals surface area (Å²) in [7, 11) is 1.86. The summed E-state index contributed by atoms with van der Waals surface area (Å²) in [4.78, 5) is 12.0. The van der Waals surface area contributed by atoms with Crippen LogP contribution in [0.25, 0.3) is 0 Å². The molecule has 0 saturated carbocycles. The molecule has 0 spiro atoms. The van der Waals surface area contributed by atoms with Gasteiger partial charge >= 0.3 is 5.97 Å². The van der Waals surface area contributed by atoms with Crippen molar-refractivity contribution < 1.29 is 9.53 Å². The summed E-state index contributed by atoms with van der Waals surface area (Å²) in [5, 5.41) is 7.61. The van der Waals surface area contributed by atoms with Crippen LogP contribution in [0.4, 0.5) is 17.1 Å². The zero-order chi connectivity index (χ0) is 15.4. The lowest BCUT2D eigenvalue weighted by atomic mass is 10.1. The number of nitrogens with one attached hydrogen (secondary N) is 1. The van der Waals surface area contributed by atoms with Crippen molar-refractivity contribution in [2.45, 2.75) is 20.3 Å². The largest absolute Gasteiger partial charge is 0.462 e. The fourth-order valence-electron chi connectivity index (χ4n) is 2.09. The average Bonchev–Trinajstić information content (AvgIpc) is 2.81. The van der Waals surface area contributed by atoms with Crippen molar-refractivity contribution >= 4 is 23.0 Å². The molecule has 1 aromatic carbocycles. The van der Waals surface area contributed by atoms with Gasteiger partial charge < -0.3 is 15.8 Å². The summed E-state index contributed by atoms with van der Waals surface area (Å²) in [5.41, 5.74) is 9.16. The third kappa shape index (κ3) is 3.34. The van der Waals surface area contributed by atoms with Crippen LogP contribution >= 0.6 is 0 Å². The number of aryl methyl sites for hydroxylation is 2. The first-order valence-corrected chi connectivity index (χ1v) is 6.91. The van der Waals surface area contributed by atoms with E-state index in [2.05, 4.69) is 10.4 Å². The van der Waals surface area contributed by atoms with E-state index < -0.39 is 5.97 Å². The Morgan fingerprint density at radius 1 is 1.38 bits per heavy atom. The number of esters is 1. The van der Waals surface area contributed by atoms with Crippen molar-refractivity contribution in [3.8, 4) is 0 Å². The third-order valence-corrected chi connectivity index (χ3v) is 3.05. The van der Waals surface area contributed by atoms with Gasteiger partial charge in [-0.05, 0) is 31.5 Å². The van der Waals surface area contributed by atoms with Crippen molar-refractivity contribution in [1.29, 1.82) is 0 Å². The Hall–Kier alpha value is -2.50. The molecule has 1 aromatic heterocycles. The predicted molar refractivity (Wildman–Crippen MR) is 82.7 cm³/mol. The second-order valence-corrected chi connectivity index (χ2v) is 4.67. The van der Waals surface area contributed by atoms with Gasteiger partial charge in [-0.3, -0.25) is 4.68 Å². The van der Waals surface area contributed by atoms with Crippen LogP contribution in [0.5, 0.6) is 0 Å². The number of hydrogen-bond acceptors (Lipinski definition) is 5. The van der Waals surface area contributed by atoms with Crippen LogP contribution in [-0.4, -0.2) is 22.4 Å². The van der Waals surface area contributed by atoms with Crippen molar-refractivity contribution in [2.75, 3.05) is 17.7 Å². The molecule has 3 N–H and O–H groups in total. The summed E-state index contributed by atoms with van der Waals surface area (Å²) < 4.78 is 6.81. The Balaban J connectivity index is 2.37. The number of carbonyl (C=O) groups excluding carboxylic acids is 1. The molecule has 0 fully saturated rings. The first-order chi connectivity index (χ1) is 10.0. The molecule has 0 unspecified atom stereocenters. The maximum Gasteiger partial charge on any atom is 0.340 e. The Morgan fingerprint density at radius 3 is 2.81 bits per heavy atom. The van der Waals surface area contributed by atoms with E-state index in [0.717, 1.165) is 17.8 Å². The van der Waals surface area contributed by atoms with Crippen LogP contribution in [0.2, 0.25) is 0 Å². The average molecular weight is 288 g/mol. The summed E-state index contributed by atoms with van der Waals surface area (Å²) in [5.74, 6) is -0.394. The third-order valence-electron chi connectivity index (χ3n) is 3.05. The van der Waals surface area contributed by atoms with Crippen LogP contribution in [0, 0.1) is 0 Å². The SMILES string of the molecule is CCOC(=O)c1cc(N)ccc1Nc1cn(C)nc1CC. The number of nitrogen functional groups attached to an aromatic ring is 1. The monoisotopic (exact) mass is 288 g/mol. The number of hydrogen-bond donors (Lipinski definition) is 2. The number of ether oxygens (including phenoxy) is 1. The molecule has 2 rings (SSSR count). The molecule has 0 aliphatic heterocycles. The van der Waals surface area contributed by atoms with Crippen molar-refractivity contribution in [1.82, 2.24) is 9.78 Å². The minimum atomic E-state index is -0.394. The van der Waals surface area contributed by atoms with E-state index in [1.807, 2.05) is 20.2 Å². The quantitative estimate of drug-likeness (QED) is 0.652. The second kappa shape index (κ2) is 6.30. The van der Waals surface area contributed by atoms with Crippen molar-refractivity contribution in [2.24, 2.45) is 7.05 Å². The van der Waals surface area contributed by atoms with Gasteiger partial charge in [0.2, 0.25) is 0 Å². The normalized spacial score (nSPS) is 10.4. The number of aromatic nitrogens is 2. The van der Waals surface area contributed by atoms with Gasteiger partial charge in [-0.15, -0.1) is 0 Å². The van der Waals surface area contributed by atoms with Crippen LogP contribution in [0.1, 0.15) is 29.9 Å². The zero-order valence-corrected chi connectivity index (χ0v) is 12.5. The Kier molecular flexibility index (Phi) is 4.47. The van der Waals surface area contributed by atoms with Crippen molar-refractivity contribution in [3.63, 3.8) is 0 Å². The highest BCUT2D eigenvalue weighted by Gasteiger charge is 2.15. The van der Waals surface area contributed by atoms with E-state index in [4.69, 9.17) is 10.5 Å². The van der Waals surface area contributed by atoms with Crippen LogP contribution in [0.3, 0.4) is 0 Å². The first-order valence-electron chi connectivity index (χ1n) is 6.91. The number of rotatable bonds is 5. The molecule has 0 radical (unpaired) electrons. The summed E-state index contributed by atoms with van der Waals surface area (Å²) in [6.07, 6.45) is 2.68. The topological polar surface area (TPSA) is 82.2 Å². The van der Waals surface area contributed by atoms with Gasteiger partial charge in [0.05, 0.1) is 29.2 Å². The molecule has 2 aromatic rings. The lowest BCUT2D eigenvalue weighted by molar-refractivity contribution is 0.0527. The second-order valence-electron chi connectivity index (χ2n) is 4.67. The number of nitrogens with two attached hydrogens (primary N) is 1. The molecule has 0 saturated heterocycles. The van der Waals surface area contributed by atoms with E-state index >= 15 is 0 Å². The Labute approximate surface area is 123 Å². The predicted octanol–water partition coefficient (Wildman–Crippen LogP) is 2.49. The Morgan fingerprint density at radius 2 is 2.14 bits per heavy atom. The van der Waals surface area contributed by atoms with Gasteiger partial charge in [0.15, 0.2) is 0 Å². The summed E-state index contributed by atoms with van der Waals surface area (Å²) >= 11 is 0. The smallest absolute Gasteiger partial charge is 0.340 e. The lowest BCUT2D eigenvalue weighted by Gasteiger charge is -2.11. The first kappa shape index (κ1) is 14.9. The van der Waals surface area contributed by atoms with Gasteiger partial charge in [0.25, 0.3) is 0 Å². The Bertz CT molecular complexity index is 649. The highest BCUT2D eigenvalue weighted by atomic mass is 16.5. The molecule has 0 aliphatic carbocycles. The minimum absolute atomic E-state index is 0.320. The molecule has 0 atom stereocenters. The molecule has 21 heavy (non-hydrogen) atoms. The van der Waals surface area contributed by atoms with E-state index in [0.29, 0.717) is 23.5 Å². The highest BCUT2D eigenvalue weighted by molar-refractivity contribution is 5.97. The van der Waals surface area contributed by atoms with Crippen molar-refractivity contribution in [3.05, 3.63) is 35.7 Å². The van der Waals surface area contributed by atoms with Gasteiger partial charge in [0, 0.05) is 18.9 Å². The highest BCUT2D eigenvalue weighted by Crippen LogP contribution is 2.26. The number of anilines is 3. The number of benzene rings is 1. The maximum absolute atomic E-state index is 12.0. The van der Waals surface area contributed by atoms with E-state index in [1.54, 1.807) is 29.8 Å². The molecule has 112 valence electrons. The van der Waals surface area contributed by atoms with Gasteiger partial charge in [0.1, 0.15) is 0 Å². The molecule has 0 amide bonds. The summed E-state index contributed by atoms with van der Waals surface area (Å²) in [6.45, 7) is 4.12. The van der Waals surface area contributed by atoms with E-state index in [1.165, 1.54) is 0 Å². The standard InChI is InChI=1S/C15H20N4O2/c1-4-12-14(9-19(3)18-12)17-13-7-6-10(16)8-11(13)15(20)21-5-2/h6-9,17H,4-5,16H2,1-3H3. The molecule has 0 bridgehead atoms. The molecule has 6 nitrogen and oxygen atoms in total. The van der Waals surface area contributed by atoms with Gasteiger partial charge in [-0.1, -0.05) is 6.92 Å². The molecular weight excluding hydrogens is 268 g/mol. The van der Waals surface area contributed by atoms with Gasteiger partial charge in [-0.2, -0.15) is 5.10 Å². The van der Waals surface area contributed by atoms with E-state index in [-0.39, 0.29) is 0 Å². The lowest BCUT2D eigenvalue weighted by Crippen LogP contribution is -2.09. The maximum atomic E-state index is 12.0. The van der Waals surface area contributed by atoms with Crippen LogP contribution in [-0.2, 0) is 18.2 Å². The zero-order valence-electron chi connectivity index (χ0n) is 12.5. The molecule has 6 heteroatoms. The molecule has 1 heterocycles. The number of nitrogens with zero attached hydrogens (tertiary/aromatic N) is 2. The molecular formula is C15H20N4O2. The fraction of sp³-hybridized carbons (Fsp3) is 0.333. The summed E-state index contributed by atoms with van der Waals surface area (Å²) in [6, 6.07) is 5.13. The van der Waals surface area contributed by atoms with E-state index in [9.17, 15) is 4.79 Å². The number of carbonyl (C=O) groups is 1. The van der Waals surface area contributed by atoms with Gasteiger partial charge in [-0.25, -0.2) is 4.79 Å². The van der Waals surface area contributed by atoms with Crippen LogP contribution < -0.4 is 11.1 Å². The molecule has 0 aliphatic rings. The minimum Gasteiger partial charge on any atom is -0.462 e.